The van der Waals surface area contributed by atoms with Gasteiger partial charge in [-0.3, -0.25) is 9.59 Å². The largest absolute Gasteiger partial charge is 0.497 e. The van der Waals surface area contributed by atoms with Crippen LogP contribution in [0.3, 0.4) is 0 Å². The van der Waals surface area contributed by atoms with Crippen molar-refractivity contribution in [2.45, 2.75) is 13.2 Å². The first-order valence-electron chi connectivity index (χ1n) is 9.65. The predicted molar refractivity (Wildman–Crippen MR) is 118 cm³/mol. The lowest BCUT2D eigenvalue weighted by molar-refractivity contribution is -0.139. The van der Waals surface area contributed by atoms with Crippen LogP contribution < -0.4 is 20.2 Å². The molecule has 0 heterocycles. The third kappa shape index (κ3) is 7.01. The number of amides is 2. The summed E-state index contributed by atoms with van der Waals surface area (Å²) >= 11 is 0. The Morgan fingerprint density at radius 1 is 0.839 bits per heavy atom. The monoisotopic (exact) mass is 417 g/mol. The highest BCUT2D eigenvalue weighted by molar-refractivity contribution is 6.35. The zero-order valence-corrected chi connectivity index (χ0v) is 17.1. The van der Waals surface area contributed by atoms with Crippen LogP contribution in [0.4, 0.5) is 0 Å². The van der Waals surface area contributed by atoms with E-state index in [1.165, 1.54) is 6.21 Å². The van der Waals surface area contributed by atoms with Gasteiger partial charge in [-0.15, -0.1) is 0 Å². The maximum Gasteiger partial charge on any atom is 0.329 e. The molecule has 0 atom stereocenters. The van der Waals surface area contributed by atoms with Gasteiger partial charge in [-0.1, -0.05) is 42.5 Å². The number of nitrogens with zero attached hydrogens (tertiary/aromatic N) is 1. The number of nitrogens with one attached hydrogen (secondary N) is 2. The van der Waals surface area contributed by atoms with Crippen LogP contribution in [-0.2, 0) is 22.7 Å². The minimum atomic E-state index is -0.840. The highest BCUT2D eigenvalue weighted by Gasteiger charge is 2.11. The zero-order valence-electron chi connectivity index (χ0n) is 17.1. The average molecular weight is 417 g/mol. The number of benzene rings is 3. The van der Waals surface area contributed by atoms with Crippen LogP contribution in [0.5, 0.6) is 11.5 Å². The molecule has 0 aliphatic heterocycles. The van der Waals surface area contributed by atoms with Gasteiger partial charge in [-0.05, 0) is 53.1 Å². The summed E-state index contributed by atoms with van der Waals surface area (Å²) in [5.41, 5.74) is 4.90. The van der Waals surface area contributed by atoms with Crippen LogP contribution in [0.25, 0.3) is 0 Å². The molecule has 3 rings (SSSR count). The second-order valence-corrected chi connectivity index (χ2v) is 6.57. The molecular weight excluding hydrogens is 394 g/mol. The van der Waals surface area contributed by atoms with Gasteiger partial charge in [0.1, 0.15) is 18.1 Å². The maximum atomic E-state index is 11.9. The van der Waals surface area contributed by atoms with E-state index < -0.39 is 11.8 Å². The van der Waals surface area contributed by atoms with Crippen molar-refractivity contribution in [1.82, 2.24) is 10.7 Å². The molecule has 7 nitrogen and oxygen atoms in total. The third-order valence-electron chi connectivity index (χ3n) is 4.33. The number of rotatable bonds is 8. The second kappa shape index (κ2) is 11.2. The highest BCUT2D eigenvalue weighted by atomic mass is 16.5. The Hall–Kier alpha value is -4.13. The number of carbonyl (C=O) groups excluding carboxylic acids is 2. The van der Waals surface area contributed by atoms with Crippen molar-refractivity contribution in [3.8, 4) is 11.5 Å². The van der Waals surface area contributed by atoms with Crippen molar-refractivity contribution in [2.75, 3.05) is 7.11 Å². The molecule has 31 heavy (non-hydrogen) atoms. The van der Waals surface area contributed by atoms with Crippen LogP contribution >= 0.6 is 0 Å². The van der Waals surface area contributed by atoms with E-state index in [1.54, 1.807) is 31.4 Å². The summed E-state index contributed by atoms with van der Waals surface area (Å²) < 4.78 is 10.8. The molecule has 0 fully saturated rings. The van der Waals surface area contributed by atoms with Crippen molar-refractivity contribution in [3.63, 3.8) is 0 Å². The third-order valence-corrected chi connectivity index (χ3v) is 4.33. The van der Waals surface area contributed by atoms with Crippen molar-refractivity contribution in [1.29, 1.82) is 0 Å². The Labute approximate surface area is 180 Å². The van der Waals surface area contributed by atoms with Gasteiger partial charge in [0.15, 0.2) is 0 Å². The van der Waals surface area contributed by atoms with E-state index in [-0.39, 0.29) is 6.54 Å². The quantitative estimate of drug-likeness (QED) is 0.335. The van der Waals surface area contributed by atoms with E-state index >= 15 is 0 Å². The fourth-order valence-electron chi connectivity index (χ4n) is 2.61. The van der Waals surface area contributed by atoms with E-state index in [1.807, 2.05) is 54.6 Å². The lowest BCUT2D eigenvalue weighted by atomic mass is 10.2. The van der Waals surface area contributed by atoms with Crippen LogP contribution in [0.1, 0.15) is 16.7 Å². The Kier molecular flexibility index (Phi) is 7.77. The first-order chi connectivity index (χ1) is 15.1. The van der Waals surface area contributed by atoms with Crippen molar-refractivity contribution in [2.24, 2.45) is 5.10 Å². The van der Waals surface area contributed by atoms with Gasteiger partial charge in [0.05, 0.1) is 13.3 Å². The summed E-state index contributed by atoms with van der Waals surface area (Å²) in [4.78, 5) is 23.7. The van der Waals surface area contributed by atoms with E-state index in [0.29, 0.717) is 6.61 Å². The predicted octanol–water partition coefficient (Wildman–Crippen LogP) is 3.04. The molecule has 2 N–H and O–H groups in total. The molecule has 0 bridgehead atoms. The van der Waals surface area contributed by atoms with Gasteiger partial charge in [0, 0.05) is 6.54 Å². The number of carbonyl (C=O) groups is 2. The molecule has 7 heteroatoms. The van der Waals surface area contributed by atoms with Gasteiger partial charge in [-0.25, -0.2) is 5.43 Å². The van der Waals surface area contributed by atoms with Crippen LogP contribution in [-0.4, -0.2) is 25.1 Å². The summed E-state index contributed by atoms with van der Waals surface area (Å²) in [6.45, 7) is 0.709. The molecule has 3 aromatic carbocycles. The molecule has 3 aromatic rings. The topological polar surface area (TPSA) is 89.0 Å². The van der Waals surface area contributed by atoms with Gasteiger partial charge in [0.25, 0.3) is 0 Å². The van der Waals surface area contributed by atoms with E-state index in [2.05, 4.69) is 15.8 Å². The summed E-state index contributed by atoms with van der Waals surface area (Å²) in [5.74, 6) is -0.161. The van der Waals surface area contributed by atoms with E-state index in [4.69, 9.17) is 9.47 Å². The van der Waals surface area contributed by atoms with Gasteiger partial charge >= 0.3 is 11.8 Å². The number of hydrogen-bond acceptors (Lipinski definition) is 5. The Bertz CT molecular complexity index is 1020. The summed E-state index contributed by atoms with van der Waals surface area (Å²) in [7, 11) is 1.58. The molecule has 0 saturated heterocycles. The fraction of sp³-hybridized carbons (Fsp3) is 0.125. The summed E-state index contributed by atoms with van der Waals surface area (Å²) in [6.07, 6.45) is 1.45. The molecule has 0 spiro atoms. The number of ether oxygens (including phenoxy) is 2. The first-order valence-corrected chi connectivity index (χ1v) is 9.65. The van der Waals surface area contributed by atoms with Crippen LogP contribution in [0.15, 0.2) is 84.0 Å². The van der Waals surface area contributed by atoms with E-state index in [0.717, 1.165) is 28.2 Å². The standard InChI is InChI=1S/C24H23N3O4/c1-30-21-11-7-18(8-12-21)15-25-23(28)24(29)27-26-16-19-9-13-22(14-10-19)31-17-20-5-3-2-4-6-20/h2-14,16H,15,17H2,1H3,(H,25,28)(H,27,29)/b26-16-. The van der Waals surface area contributed by atoms with Crippen molar-refractivity contribution in [3.05, 3.63) is 95.6 Å². The average Bonchev–Trinajstić information content (AvgIpc) is 2.83. The summed E-state index contributed by atoms with van der Waals surface area (Å²) in [5, 5.41) is 6.36. The molecule has 2 amide bonds. The number of hydrazone groups is 1. The van der Waals surface area contributed by atoms with Crippen molar-refractivity contribution < 1.29 is 19.1 Å². The Morgan fingerprint density at radius 3 is 2.19 bits per heavy atom. The van der Waals surface area contributed by atoms with Gasteiger partial charge in [0.2, 0.25) is 0 Å². The van der Waals surface area contributed by atoms with Crippen LogP contribution in [0.2, 0.25) is 0 Å². The molecule has 0 aromatic heterocycles. The molecule has 0 unspecified atom stereocenters. The zero-order chi connectivity index (χ0) is 21.9. The highest BCUT2D eigenvalue weighted by Crippen LogP contribution is 2.13. The van der Waals surface area contributed by atoms with Crippen LogP contribution in [0, 0.1) is 0 Å². The van der Waals surface area contributed by atoms with Crippen molar-refractivity contribution >= 4 is 18.0 Å². The van der Waals surface area contributed by atoms with Gasteiger partial charge < -0.3 is 14.8 Å². The minimum Gasteiger partial charge on any atom is -0.497 e. The van der Waals surface area contributed by atoms with E-state index in [9.17, 15) is 9.59 Å². The second-order valence-electron chi connectivity index (χ2n) is 6.57. The normalized spacial score (nSPS) is 10.5. The molecule has 158 valence electrons. The molecule has 0 radical (unpaired) electrons. The fourth-order valence-corrected chi connectivity index (χ4v) is 2.61. The lowest BCUT2D eigenvalue weighted by Crippen LogP contribution is -2.37. The Balaban J connectivity index is 1.41. The molecule has 0 aliphatic carbocycles. The molecule has 0 saturated carbocycles. The molecule has 0 aliphatic rings. The van der Waals surface area contributed by atoms with Gasteiger partial charge in [-0.2, -0.15) is 5.10 Å². The smallest absolute Gasteiger partial charge is 0.329 e. The summed E-state index contributed by atoms with van der Waals surface area (Å²) in [6, 6.07) is 24.3. The number of hydrogen-bond donors (Lipinski definition) is 2. The minimum absolute atomic E-state index is 0.227. The first kappa shape index (κ1) is 21.6. The number of methoxy groups -OCH3 is 1. The molecular formula is C24H23N3O4. The Morgan fingerprint density at radius 2 is 1.52 bits per heavy atom. The SMILES string of the molecule is COc1ccc(CNC(=O)C(=O)N/N=C\c2ccc(OCc3ccccc3)cc2)cc1. The lowest BCUT2D eigenvalue weighted by Gasteiger charge is -2.06. The maximum absolute atomic E-state index is 11.9.